The number of aromatic nitrogens is 1. The highest BCUT2D eigenvalue weighted by Crippen LogP contribution is 2.52. The molecule has 2 aromatic heterocycles. The normalized spacial score (nSPS) is 21.1. The van der Waals surface area contributed by atoms with Crippen molar-refractivity contribution >= 4 is 23.2 Å². The summed E-state index contributed by atoms with van der Waals surface area (Å²) in [7, 11) is 0. The van der Waals surface area contributed by atoms with Gasteiger partial charge in [-0.05, 0) is 47.5 Å². The zero-order valence-corrected chi connectivity index (χ0v) is 19.4. The molecule has 1 aliphatic carbocycles. The number of benzene rings is 1. The smallest absolute Gasteiger partial charge is 0.254 e. The minimum Gasteiger partial charge on any atom is -0.368 e. The molecule has 1 spiro atoms. The van der Waals surface area contributed by atoms with Crippen LogP contribution >= 0.6 is 11.3 Å². The molecule has 0 saturated carbocycles. The summed E-state index contributed by atoms with van der Waals surface area (Å²) in [5, 5.41) is 6.99. The maximum atomic E-state index is 12.9. The first kappa shape index (κ1) is 21.8. The van der Waals surface area contributed by atoms with E-state index in [4.69, 9.17) is 4.74 Å². The van der Waals surface area contributed by atoms with Crippen molar-refractivity contribution in [2.75, 3.05) is 13.1 Å². The summed E-state index contributed by atoms with van der Waals surface area (Å²) < 4.78 is 6.57. The van der Waals surface area contributed by atoms with Gasteiger partial charge in [0, 0.05) is 37.0 Å². The molecule has 2 atom stereocenters. The molecule has 3 heterocycles. The van der Waals surface area contributed by atoms with Gasteiger partial charge in [-0.25, -0.2) is 0 Å². The summed E-state index contributed by atoms with van der Waals surface area (Å²) >= 11 is 1.54. The van der Waals surface area contributed by atoms with Crippen LogP contribution < -0.4 is 5.32 Å². The molecule has 1 N–H and O–H groups in total. The molecule has 1 fully saturated rings. The fourth-order valence-electron chi connectivity index (χ4n) is 5.38. The van der Waals surface area contributed by atoms with E-state index < -0.39 is 0 Å². The van der Waals surface area contributed by atoms with Crippen molar-refractivity contribution in [3.63, 3.8) is 0 Å². The molecule has 2 aliphatic rings. The molecule has 2 amide bonds. The number of hydrogen-bond donors (Lipinski definition) is 1. The molecule has 1 saturated heterocycles. The average molecular weight is 462 g/mol. The molecule has 0 bridgehead atoms. The van der Waals surface area contributed by atoms with E-state index in [9.17, 15) is 9.59 Å². The summed E-state index contributed by atoms with van der Waals surface area (Å²) in [5.41, 5.74) is 3.66. The largest absolute Gasteiger partial charge is 0.368 e. The number of ether oxygens (including phenoxy) is 1. The van der Waals surface area contributed by atoms with Crippen LogP contribution in [0.5, 0.6) is 0 Å². The monoisotopic (exact) mass is 461 g/mol. The number of fused-ring (bicyclic) bond motifs is 2. The van der Waals surface area contributed by atoms with Crippen molar-refractivity contribution in [1.29, 1.82) is 0 Å². The Balaban J connectivity index is 1.45. The Kier molecular flexibility index (Phi) is 6.00. The number of pyridine rings is 1. The second-order valence-corrected chi connectivity index (χ2v) is 9.56. The molecular weight excluding hydrogens is 434 g/mol. The minimum atomic E-state index is -0.274. The summed E-state index contributed by atoms with van der Waals surface area (Å²) in [6.45, 7) is 3.22. The Morgan fingerprint density at radius 2 is 1.94 bits per heavy atom. The Bertz CT molecular complexity index is 1120. The predicted molar refractivity (Wildman–Crippen MR) is 127 cm³/mol. The van der Waals surface area contributed by atoms with Gasteiger partial charge in [0.1, 0.15) is 0 Å². The van der Waals surface area contributed by atoms with E-state index in [0.717, 1.165) is 29.7 Å². The van der Waals surface area contributed by atoms with Crippen LogP contribution in [-0.4, -0.2) is 40.9 Å². The topological polar surface area (TPSA) is 71.5 Å². The summed E-state index contributed by atoms with van der Waals surface area (Å²) in [6.07, 6.45) is 3.09. The number of piperidine rings is 1. The van der Waals surface area contributed by atoms with Gasteiger partial charge >= 0.3 is 0 Å². The highest BCUT2D eigenvalue weighted by Gasteiger charge is 2.54. The van der Waals surface area contributed by atoms with E-state index in [1.54, 1.807) is 13.1 Å². The third-order valence-electron chi connectivity index (χ3n) is 6.89. The average Bonchev–Trinajstić information content (AvgIpc) is 3.46. The molecule has 33 heavy (non-hydrogen) atoms. The van der Waals surface area contributed by atoms with E-state index in [0.29, 0.717) is 19.7 Å². The van der Waals surface area contributed by atoms with E-state index in [-0.39, 0.29) is 29.4 Å². The number of thiophene rings is 1. The van der Waals surface area contributed by atoms with E-state index in [1.165, 1.54) is 16.9 Å². The lowest BCUT2D eigenvalue weighted by atomic mass is 9.71. The number of likely N-dealkylation sites (tertiary alicyclic amines) is 1. The molecule has 1 aliphatic heterocycles. The van der Waals surface area contributed by atoms with Crippen LogP contribution in [0.3, 0.4) is 0 Å². The van der Waals surface area contributed by atoms with Gasteiger partial charge in [-0.2, -0.15) is 11.3 Å². The minimum absolute atomic E-state index is 0.0802. The van der Waals surface area contributed by atoms with Crippen LogP contribution in [0.1, 0.15) is 53.0 Å². The Morgan fingerprint density at radius 3 is 2.64 bits per heavy atom. The van der Waals surface area contributed by atoms with Gasteiger partial charge in [0.15, 0.2) is 0 Å². The lowest BCUT2D eigenvalue weighted by molar-refractivity contribution is -0.122. The van der Waals surface area contributed by atoms with E-state index in [2.05, 4.69) is 28.5 Å². The number of hydrogen-bond acceptors (Lipinski definition) is 5. The van der Waals surface area contributed by atoms with Crippen molar-refractivity contribution in [3.8, 4) is 0 Å². The highest BCUT2D eigenvalue weighted by atomic mass is 32.1. The fraction of sp³-hybridized carbons (Fsp3) is 0.346. The third kappa shape index (κ3) is 4.07. The van der Waals surface area contributed by atoms with Crippen molar-refractivity contribution in [3.05, 3.63) is 87.9 Å². The number of carbonyl (C=O) groups excluding carboxylic acids is 2. The van der Waals surface area contributed by atoms with Crippen LogP contribution in [0.2, 0.25) is 0 Å². The standard InChI is InChI=1S/C26H27N3O3S/c1-18(30)28-23-21-7-2-3-8-22(21)26(24(23)32-16-20-6-4-5-12-27-20)10-13-29(14-11-26)25(31)19-9-15-33-17-19/h2-9,12,15,17,23-24H,10-11,13-14,16H2,1H3,(H,28,30)/t23-,24+/m0/s1. The van der Waals surface area contributed by atoms with Gasteiger partial charge in [0.2, 0.25) is 5.91 Å². The SMILES string of the molecule is CC(=O)N[C@H]1c2ccccc2C2(CCN(C(=O)c3ccsc3)CC2)[C@@H]1OCc1ccccn1. The first-order valence-electron chi connectivity index (χ1n) is 11.3. The second kappa shape index (κ2) is 9.08. The lowest BCUT2D eigenvalue weighted by Crippen LogP contribution is -2.51. The van der Waals surface area contributed by atoms with E-state index in [1.807, 2.05) is 46.0 Å². The zero-order valence-electron chi connectivity index (χ0n) is 18.6. The number of carbonyl (C=O) groups is 2. The van der Waals surface area contributed by atoms with Crippen LogP contribution in [0.4, 0.5) is 0 Å². The van der Waals surface area contributed by atoms with Crippen molar-refractivity contribution in [1.82, 2.24) is 15.2 Å². The van der Waals surface area contributed by atoms with Crippen molar-refractivity contribution in [2.24, 2.45) is 0 Å². The maximum Gasteiger partial charge on any atom is 0.254 e. The summed E-state index contributed by atoms with van der Waals surface area (Å²) in [5.74, 6) is 0.00473. The molecule has 6 nitrogen and oxygen atoms in total. The zero-order chi connectivity index (χ0) is 22.8. The van der Waals surface area contributed by atoms with E-state index >= 15 is 0 Å². The first-order valence-corrected chi connectivity index (χ1v) is 12.2. The van der Waals surface area contributed by atoms with Crippen molar-refractivity contribution in [2.45, 2.75) is 43.9 Å². The van der Waals surface area contributed by atoms with Crippen LogP contribution in [-0.2, 0) is 21.6 Å². The molecule has 1 aromatic carbocycles. The number of nitrogens with zero attached hydrogens (tertiary/aromatic N) is 2. The first-order chi connectivity index (χ1) is 16.1. The highest BCUT2D eigenvalue weighted by molar-refractivity contribution is 7.08. The number of nitrogens with one attached hydrogen (secondary N) is 1. The van der Waals surface area contributed by atoms with Gasteiger partial charge in [-0.1, -0.05) is 30.3 Å². The number of rotatable bonds is 5. The summed E-state index contributed by atoms with van der Waals surface area (Å²) in [6, 6.07) is 15.7. The van der Waals surface area contributed by atoms with Crippen molar-refractivity contribution < 1.29 is 14.3 Å². The molecule has 0 radical (unpaired) electrons. The predicted octanol–water partition coefficient (Wildman–Crippen LogP) is 4.09. The molecule has 170 valence electrons. The molecule has 3 aromatic rings. The number of amides is 2. The molecule has 5 rings (SSSR count). The molecular formula is C26H27N3O3S. The van der Waals surface area contributed by atoms with Gasteiger partial charge in [0.05, 0.1) is 30.0 Å². The molecule has 0 unspecified atom stereocenters. The fourth-order valence-corrected chi connectivity index (χ4v) is 6.00. The van der Waals surface area contributed by atoms with Crippen LogP contribution in [0, 0.1) is 0 Å². The maximum absolute atomic E-state index is 12.9. The van der Waals surface area contributed by atoms with Gasteiger partial charge in [-0.3, -0.25) is 14.6 Å². The Hall–Kier alpha value is -3.03. The van der Waals surface area contributed by atoms with Gasteiger partial charge in [0.25, 0.3) is 5.91 Å². The van der Waals surface area contributed by atoms with Gasteiger partial charge in [-0.15, -0.1) is 0 Å². The summed E-state index contributed by atoms with van der Waals surface area (Å²) in [4.78, 5) is 31.4. The van der Waals surface area contributed by atoms with Gasteiger partial charge < -0.3 is 15.0 Å². The third-order valence-corrected chi connectivity index (χ3v) is 7.57. The second-order valence-electron chi connectivity index (χ2n) is 8.78. The Labute approximate surface area is 197 Å². The lowest BCUT2D eigenvalue weighted by Gasteiger charge is -2.44. The quantitative estimate of drug-likeness (QED) is 0.621. The Morgan fingerprint density at radius 1 is 1.15 bits per heavy atom. The van der Waals surface area contributed by atoms with Crippen LogP contribution in [0.25, 0.3) is 0 Å². The molecule has 7 heteroatoms. The van der Waals surface area contributed by atoms with Crippen LogP contribution in [0.15, 0.2) is 65.5 Å².